The lowest BCUT2D eigenvalue weighted by molar-refractivity contribution is -0.121. The molecule has 158 valence electrons. The van der Waals surface area contributed by atoms with Gasteiger partial charge in [-0.25, -0.2) is 14.7 Å². The predicted molar refractivity (Wildman–Crippen MR) is 104 cm³/mol. The third kappa shape index (κ3) is 4.03. The van der Waals surface area contributed by atoms with Gasteiger partial charge in [-0.1, -0.05) is 0 Å². The van der Waals surface area contributed by atoms with Crippen molar-refractivity contribution in [2.45, 2.75) is 12.5 Å². The second kappa shape index (κ2) is 8.78. The topological polar surface area (TPSA) is 106 Å². The Balaban J connectivity index is 1.71. The number of methoxy groups -OCH3 is 3. The van der Waals surface area contributed by atoms with Crippen LogP contribution in [0.1, 0.15) is 16.8 Å². The summed E-state index contributed by atoms with van der Waals surface area (Å²) in [4.78, 5) is 38.3. The van der Waals surface area contributed by atoms with Crippen molar-refractivity contribution in [3.8, 4) is 17.2 Å². The minimum Gasteiger partial charge on any atom is -0.493 e. The van der Waals surface area contributed by atoms with Crippen molar-refractivity contribution in [2.24, 2.45) is 0 Å². The molecular weight excluding hydrogens is 397 g/mol. The number of hydrogen-bond acceptors (Lipinski definition) is 7. The molecule has 2 N–H and O–H groups in total. The normalized spacial score (nSPS) is 15.9. The van der Waals surface area contributed by atoms with Gasteiger partial charge in [-0.3, -0.25) is 19.8 Å². The van der Waals surface area contributed by atoms with E-state index in [1.807, 2.05) is 0 Å². The Morgan fingerprint density at radius 3 is 2.17 bits per heavy atom. The van der Waals surface area contributed by atoms with Crippen LogP contribution in [0, 0.1) is 5.82 Å². The highest BCUT2D eigenvalue weighted by atomic mass is 19.1. The van der Waals surface area contributed by atoms with E-state index in [9.17, 15) is 18.8 Å². The van der Waals surface area contributed by atoms with E-state index in [4.69, 9.17) is 14.2 Å². The van der Waals surface area contributed by atoms with Crippen molar-refractivity contribution in [3.63, 3.8) is 0 Å². The van der Waals surface area contributed by atoms with Crippen LogP contribution < -0.4 is 30.0 Å². The zero-order valence-electron chi connectivity index (χ0n) is 16.5. The maximum atomic E-state index is 13.1. The van der Waals surface area contributed by atoms with Gasteiger partial charge >= 0.3 is 0 Å². The van der Waals surface area contributed by atoms with E-state index in [1.54, 1.807) is 0 Å². The van der Waals surface area contributed by atoms with E-state index in [0.29, 0.717) is 5.75 Å². The highest BCUT2D eigenvalue weighted by Gasteiger charge is 2.39. The smallest absolute Gasteiger partial charge is 0.265 e. The maximum absolute atomic E-state index is 13.1. The van der Waals surface area contributed by atoms with Gasteiger partial charge in [0.05, 0.1) is 33.4 Å². The molecule has 3 amide bonds. The Bertz CT molecular complexity index is 954. The van der Waals surface area contributed by atoms with Gasteiger partial charge in [0.15, 0.2) is 11.5 Å². The molecule has 0 spiro atoms. The second-order valence-electron chi connectivity index (χ2n) is 6.31. The van der Waals surface area contributed by atoms with Crippen LogP contribution in [0.2, 0.25) is 0 Å². The first-order chi connectivity index (χ1) is 14.4. The largest absolute Gasteiger partial charge is 0.493 e. The monoisotopic (exact) mass is 417 g/mol. The summed E-state index contributed by atoms with van der Waals surface area (Å²) in [7, 11) is 4.28. The molecule has 0 aromatic heterocycles. The first-order valence-corrected chi connectivity index (χ1v) is 8.87. The van der Waals surface area contributed by atoms with Crippen molar-refractivity contribution >= 4 is 23.4 Å². The quantitative estimate of drug-likeness (QED) is 0.518. The number of hydrogen-bond donors (Lipinski definition) is 2. The molecule has 1 aliphatic rings. The molecule has 0 bridgehead atoms. The molecule has 0 radical (unpaired) electrons. The third-order valence-electron chi connectivity index (χ3n) is 4.52. The minimum atomic E-state index is -0.964. The SMILES string of the molecule is COc1cc(C(=O)NNC2CC(=O)N(c3ccc(F)cc3)C2=O)cc(OC)c1OC. The Morgan fingerprint density at radius 1 is 1.03 bits per heavy atom. The number of hydrazine groups is 1. The number of carbonyl (C=O) groups excluding carboxylic acids is 3. The molecule has 9 nitrogen and oxygen atoms in total. The van der Waals surface area contributed by atoms with E-state index in [-0.39, 0.29) is 29.2 Å². The summed E-state index contributed by atoms with van der Waals surface area (Å²) in [6.07, 6.45) is -0.161. The first kappa shape index (κ1) is 21.1. The molecule has 0 aliphatic carbocycles. The van der Waals surface area contributed by atoms with Crippen molar-refractivity contribution < 1.29 is 33.0 Å². The number of imide groups is 1. The van der Waals surface area contributed by atoms with Gasteiger partial charge < -0.3 is 14.2 Å². The van der Waals surface area contributed by atoms with Crippen molar-refractivity contribution in [1.29, 1.82) is 0 Å². The molecule has 1 atom stereocenters. The zero-order valence-corrected chi connectivity index (χ0v) is 16.5. The highest BCUT2D eigenvalue weighted by Crippen LogP contribution is 2.38. The summed E-state index contributed by atoms with van der Waals surface area (Å²) in [5.74, 6) is -1.17. The summed E-state index contributed by atoms with van der Waals surface area (Å²) in [5, 5.41) is 0. The van der Waals surface area contributed by atoms with E-state index in [2.05, 4.69) is 10.9 Å². The van der Waals surface area contributed by atoms with Crippen molar-refractivity contribution in [3.05, 3.63) is 47.8 Å². The molecule has 10 heteroatoms. The Hall–Kier alpha value is -3.66. The molecule has 1 unspecified atom stereocenters. The van der Waals surface area contributed by atoms with Crippen LogP contribution in [-0.4, -0.2) is 45.1 Å². The van der Waals surface area contributed by atoms with Crippen molar-refractivity contribution in [2.75, 3.05) is 26.2 Å². The number of rotatable bonds is 7. The zero-order chi connectivity index (χ0) is 21.8. The molecule has 1 saturated heterocycles. The predicted octanol–water partition coefficient (Wildman–Crippen LogP) is 1.42. The fourth-order valence-electron chi connectivity index (χ4n) is 3.04. The molecule has 30 heavy (non-hydrogen) atoms. The Kier molecular flexibility index (Phi) is 6.17. The number of carbonyl (C=O) groups is 3. The van der Waals surface area contributed by atoms with Gasteiger partial charge in [-0.05, 0) is 36.4 Å². The van der Waals surface area contributed by atoms with Gasteiger partial charge in [-0.15, -0.1) is 0 Å². The lowest BCUT2D eigenvalue weighted by atomic mass is 10.1. The number of nitrogens with zero attached hydrogens (tertiary/aromatic N) is 1. The van der Waals surface area contributed by atoms with Crippen LogP contribution in [0.5, 0.6) is 17.2 Å². The summed E-state index contributed by atoms with van der Waals surface area (Å²) in [6, 6.07) is 6.92. The van der Waals surface area contributed by atoms with Gasteiger partial charge in [0.2, 0.25) is 11.7 Å². The van der Waals surface area contributed by atoms with Crippen LogP contribution >= 0.6 is 0 Å². The molecule has 1 fully saturated rings. The fourth-order valence-corrected chi connectivity index (χ4v) is 3.04. The van der Waals surface area contributed by atoms with E-state index in [1.165, 1.54) is 45.6 Å². The molecule has 2 aromatic carbocycles. The minimum absolute atomic E-state index is 0.161. The summed E-state index contributed by atoms with van der Waals surface area (Å²) in [6.45, 7) is 0. The van der Waals surface area contributed by atoms with Crippen LogP contribution in [0.25, 0.3) is 0 Å². The summed E-state index contributed by atoms with van der Waals surface area (Å²) >= 11 is 0. The van der Waals surface area contributed by atoms with Gasteiger partial charge in [-0.2, -0.15) is 0 Å². The third-order valence-corrected chi connectivity index (χ3v) is 4.52. The summed E-state index contributed by atoms with van der Waals surface area (Å²) < 4.78 is 28.7. The Labute approximate surface area is 171 Å². The average molecular weight is 417 g/mol. The lowest BCUT2D eigenvalue weighted by Crippen LogP contribution is -2.48. The fraction of sp³-hybridized carbons (Fsp3) is 0.250. The van der Waals surface area contributed by atoms with Crippen molar-refractivity contribution in [1.82, 2.24) is 10.9 Å². The van der Waals surface area contributed by atoms with Crippen LogP contribution in [0.15, 0.2) is 36.4 Å². The number of halogens is 1. The molecular formula is C20H20FN3O6. The number of amides is 3. The van der Waals surface area contributed by atoms with Crippen LogP contribution in [0.4, 0.5) is 10.1 Å². The molecule has 2 aromatic rings. The standard InChI is InChI=1S/C20H20FN3O6/c1-28-15-8-11(9-16(29-2)18(15)30-3)19(26)23-22-14-10-17(25)24(20(14)27)13-6-4-12(21)5-7-13/h4-9,14,22H,10H2,1-3H3,(H,23,26). The van der Waals surface area contributed by atoms with E-state index in [0.717, 1.165) is 17.0 Å². The Morgan fingerprint density at radius 2 is 1.63 bits per heavy atom. The second-order valence-corrected chi connectivity index (χ2v) is 6.31. The number of anilines is 1. The first-order valence-electron chi connectivity index (χ1n) is 8.87. The number of ether oxygens (including phenoxy) is 3. The van der Waals surface area contributed by atoms with Gasteiger partial charge in [0, 0.05) is 5.56 Å². The lowest BCUT2D eigenvalue weighted by Gasteiger charge is -2.17. The van der Waals surface area contributed by atoms with Gasteiger partial charge in [0.1, 0.15) is 11.9 Å². The average Bonchev–Trinajstić information content (AvgIpc) is 3.04. The van der Waals surface area contributed by atoms with Crippen LogP contribution in [0.3, 0.4) is 0 Å². The number of benzene rings is 2. The molecule has 1 heterocycles. The van der Waals surface area contributed by atoms with Crippen LogP contribution in [-0.2, 0) is 9.59 Å². The molecule has 3 rings (SSSR count). The number of nitrogens with one attached hydrogen (secondary N) is 2. The molecule has 0 saturated carbocycles. The van der Waals surface area contributed by atoms with Gasteiger partial charge in [0.25, 0.3) is 11.8 Å². The maximum Gasteiger partial charge on any atom is 0.265 e. The van der Waals surface area contributed by atoms with E-state index >= 15 is 0 Å². The highest BCUT2D eigenvalue weighted by molar-refractivity contribution is 6.22. The van der Waals surface area contributed by atoms with E-state index < -0.39 is 29.6 Å². The molecule has 1 aliphatic heterocycles. The summed E-state index contributed by atoms with van der Waals surface area (Å²) in [5.41, 5.74) is 5.43.